The molecule has 3 heterocycles. The van der Waals surface area contributed by atoms with Gasteiger partial charge in [0.15, 0.2) is 0 Å². The van der Waals surface area contributed by atoms with Gasteiger partial charge in [-0.2, -0.15) is 0 Å². The standard InChI is InChI=1S/C21H17N3O3/c1-14-6-7-16(27-14)13-23-20(25)12-18-17-4-2-3-5-19(17)24(21(18)26)15-8-10-22-11-9-15/h2-12H,13H2,1H3,(H,23,25)/b18-12+. The number of para-hydroxylation sites is 1. The highest BCUT2D eigenvalue weighted by atomic mass is 16.3. The summed E-state index contributed by atoms with van der Waals surface area (Å²) in [6, 6.07) is 14.6. The highest BCUT2D eigenvalue weighted by Gasteiger charge is 2.33. The lowest BCUT2D eigenvalue weighted by Crippen LogP contribution is -2.23. The third-order valence-corrected chi connectivity index (χ3v) is 4.30. The summed E-state index contributed by atoms with van der Waals surface area (Å²) in [5, 5.41) is 2.76. The minimum atomic E-state index is -0.348. The molecule has 1 aliphatic heterocycles. The number of carbonyl (C=O) groups excluding carboxylic acids is 2. The molecule has 0 saturated carbocycles. The Balaban J connectivity index is 1.61. The molecule has 0 spiro atoms. The molecule has 1 aliphatic rings. The maximum Gasteiger partial charge on any atom is 0.263 e. The van der Waals surface area contributed by atoms with E-state index >= 15 is 0 Å². The van der Waals surface area contributed by atoms with Crippen LogP contribution < -0.4 is 10.2 Å². The molecule has 2 amide bonds. The van der Waals surface area contributed by atoms with Gasteiger partial charge in [0.25, 0.3) is 5.91 Å². The Morgan fingerprint density at radius 3 is 2.67 bits per heavy atom. The number of rotatable bonds is 4. The van der Waals surface area contributed by atoms with E-state index < -0.39 is 0 Å². The number of furan rings is 1. The van der Waals surface area contributed by atoms with Crippen molar-refractivity contribution < 1.29 is 14.0 Å². The monoisotopic (exact) mass is 359 g/mol. The number of amides is 2. The average molecular weight is 359 g/mol. The van der Waals surface area contributed by atoms with Crippen LogP contribution in [0.3, 0.4) is 0 Å². The second kappa shape index (κ2) is 6.92. The molecule has 0 aliphatic carbocycles. The van der Waals surface area contributed by atoms with Crippen LogP contribution in [0.5, 0.6) is 0 Å². The summed E-state index contributed by atoms with van der Waals surface area (Å²) >= 11 is 0. The average Bonchev–Trinajstić information content (AvgIpc) is 3.22. The van der Waals surface area contributed by atoms with Crippen LogP contribution in [0.15, 0.2) is 71.4 Å². The zero-order valence-corrected chi connectivity index (χ0v) is 14.7. The predicted molar refractivity (Wildman–Crippen MR) is 101 cm³/mol. The summed E-state index contributed by atoms with van der Waals surface area (Å²) in [4.78, 5) is 31.0. The summed E-state index contributed by atoms with van der Waals surface area (Å²) in [5.74, 6) is 0.853. The number of nitrogens with one attached hydrogen (secondary N) is 1. The van der Waals surface area contributed by atoms with Crippen LogP contribution in [0.4, 0.5) is 11.4 Å². The van der Waals surface area contributed by atoms with E-state index in [0.29, 0.717) is 17.0 Å². The maximum absolute atomic E-state index is 13.0. The van der Waals surface area contributed by atoms with Crippen LogP contribution in [0, 0.1) is 6.92 Å². The minimum absolute atomic E-state index is 0.244. The molecular formula is C21H17N3O3. The summed E-state index contributed by atoms with van der Waals surface area (Å²) < 4.78 is 5.44. The fraction of sp³-hybridized carbons (Fsp3) is 0.0952. The fourth-order valence-corrected chi connectivity index (χ4v) is 3.07. The minimum Gasteiger partial charge on any atom is -0.465 e. The normalized spacial score (nSPS) is 14.5. The van der Waals surface area contributed by atoms with Gasteiger partial charge < -0.3 is 9.73 Å². The van der Waals surface area contributed by atoms with Gasteiger partial charge in [-0.3, -0.25) is 19.5 Å². The Kier molecular flexibility index (Phi) is 4.30. The number of fused-ring (bicyclic) bond motifs is 1. The molecule has 1 N–H and O–H groups in total. The summed E-state index contributed by atoms with van der Waals surface area (Å²) in [5.41, 5.74) is 2.53. The van der Waals surface area contributed by atoms with Gasteiger partial charge in [-0.1, -0.05) is 18.2 Å². The van der Waals surface area contributed by atoms with Gasteiger partial charge in [0.1, 0.15) is 11.5 Å². The molecule has 3 aromatic rings. The fourth-order valence-electron chi connectivity index (χ4n) is 3.07. The molecule has 2 aromatic heterocycles. The second-order valence-electron chi connectivity index (χ2n) is 6.15. The molecule has 0 unspecified atom stereocenters. The van der Waals surface area contributed by atoms with E-state index in [0.717, 1.165) is 17.0 Å². The van der Waals surface area contributed by atoms with Gasteiger partial charge in [-0.25, -0.2) is 0 Å². The smallest absolute Gasteiger partial charge is 0.263 e. The lowest BCUT2D eigenvalue weighted by atomic mass is 10.1. The van der Waals surface area contributed by atoms with Crippen molar-refractivity contribution in [1.82, 2.24) is 10.3 Å². The summed E-state index contributed by atoms with van der Waals surface area (Å²) in [6.07, 6.45) is 4.61. The number of hydrogen-bond acceptors (Lipinski definition) is 4. The number of benzene rings is 1. The molecule has 1 aromatic carbocycles. The molecule has 0 radical (unpaired) electrons. The molecular weight excluding hydrogens is 342 g/mol. The van der Waals surface area contributed by atoms with E-state index in [1.807, 2.05) is 43.3 Å². The first kappa shape index (κ1) is 16.8. The van der Waals surface area contributed by atoms with Crippen molar-refractivity contribution in [2.75, 3.05) is 4.90 Å². The van der Waals surface area contributed by atoms with Crippen molar-refractivity contribution in [3.05, 3.63) is 84.1 Å². The van der Waals surface area contributed by atoms with Crippen LogP contribution in [0.1, 0.15) is 17.1 Å². The number of aromatic nitrogens is 1. The van der Waals surface area contributed by atoms with Crippen LogP contribution >= 0.6 is 0 Å². The van der Waals surface area contributed by atoms with Gasteiger partial charge in [0.05, 0.1) is 23.5 Å². The molecule has 0 saturated heterocycles. The van der Waals surface area contributed by atoms with Crippen molar-refractivity contribution in [2.24, 2.45) is 0 Å². The number of aryl methyl sites for hydroxylation is 1. The lowest BCUT2D eigenvalue weighted by molar-refractivity contribution is -0.117. The van der Waals surface area contributed by atoms with E-state index in [1.54, 1.807) is 29.4 Å². The number of anilines is 2. The Morgan fingerprint density at radius 2 is 1.93 bits per heavy atom. The first-order valence-electron chi connectivity index (χ1n) is 8.52. The summed E-state index contributed by atoms with van der Waals surface area (Å²) in [7, 11) is 0. The van der Waals surface area contributed by atoms with Crippen LogP contribution in [0.2, 0.25) is 0 Å². The number of hydrogen-bond donors (Lipinski definition) is 1. The van der Waals surface area contributed by atoms with Gasteiger partial charge in [0, 0.05) is 24.0 Å². The van der Waals surface area contributed by atoms with Crippen molar-refractivity contribution in [2.45, 2.75) is 13.5 Å². The lowest BCUT2D eigenvalue weighted by Gasteiger charge is -2.16. The maximum atomic E-state index is 13.0. The molecule has 27 heavy (non-hydrogen) atoms. The Hall–Kier alpha value is -3.67. The zero-order chi connectivity index (χ0) is 18.8. The molecule has 0 bridgehead atoms. The van der Waals surface area contributed by atoms with Gasteiger partial charge in [-0.05, 0) is 37.3 Å². The Morgan fingerprint density at radius 1 is 1.15 bits per heavy atom. The molecule has 6 heteroatoms. The van der Waals surface area contributed by atoms with Crippen LogP contribution in [-0.2, 0) is 16.1 Å². The van der Waals surface area contributed by atoms with E-state index in [9.17, 15) is 9.59 Å². The number of pyridine rings is 1. The SMILES string of the molecule is Cc1ccc(CNC(=O)/C=C2/C(=O)N(c3ccncc3)c3ccccc32)o1. The number of carbonyl (C=O) groups is 2. The van der Waals surface area contributed by atoms with E-state index in [2.05, 4.69) is 10.3 Å². The van der Waals surface area contributed by atoms with Crippen LogP contribution in [0.25, 0.3) is 5.57 Å². The molecule has 134 valence electrons. The Bertz CT molecular complexity index is 1040. The molecule has 4 rings (SSSR count). The van der Waals surface area contributed by atoms with Crippen molar-refractivity contribution >= 4 is 28.8 Å². The third kappa shape index (κ3) is 3.25. The van der Waals surface area contributed by atoms with Gasteiger partial charge in [0.2, 0.25) is 5.91 Å². The second-order valence-corrected chi connectivity index (χ2v) is 6.15. The summed E-state index contributed by atoms with van der Waals surface area (Å²) in [6.45, 7) is 2.11. The van der Waals surface area contributed by atoms with E-state index in [-0.39, 0.29) is 18.4 Å². The Labute approximate surface area is 156 Å². The highest BCUT2D eigenvalue weighted by Crippen LogP contribution is 2.40. The first-order chi connectivity index (χ1) is 13.1. The van der Waals surface area contributed by atoms with E-state index in [4.69, 9.17) is 4.42 Å². The van der Waals surface area contributed by atoms with Crippen molar-refractivity contribution in [3.63, 3.8) is 0 Å². The van der Waals surface area contributed by atoms with E-state index in [1.165, 1.54) is 6.08 Å². The quantitative estimate of drug-likeness (QED) is 0.725. The molecule has 6 nitrogen and oxygen atoms in total. The predicted octanol–water partition coefficient (Wildman–Crippen LogP) is 3.36. The zero-order valence-electron chi connectivity index (χ0n) is 14.7. The van der Waals surface area contributed by atoms with Crippen molar-refractivity contribution in [3.8, 4) is 0 Å². The van der Waals surface area contributed by atoms with Gasteiger partial charge in [-0.15, -0.1) is 0 Å². The largest absolute Gasteiger partial charge is 0.465 e. The van der Waals surface area contributed by atoms with Gasteiger partial charge >= 0.3 is 0 Å². The topological polar surface area (TPSA) is 75.4 Å². The van der Waals surface area contributed by atoms with Crippen LogP contribution in [-0.4, -0.2) is 16.8 Å². The third-order valence-electron chi connectivity index (χ3n) is 4.30. The highest BCUT2D eigenvalue weighted by molar-refractivity contribution is 6.37. The van der Waals surface area contributed by atoms with Crippen molar-refractivity contribution in [1.29, 1.82) is 0 Å². The number of nitrogens with zero attached hydrogens (tertiary/aromatic N) is 2. The first-order valence-corrected chi connectivity index (χ1v) is 8.52. The molecule has 0 fully saturated rings. The molecule has 0 atom stereocenters.